The fraction of sp³-hybridized carbons (Fsp3) is 0.562. The Morgan fingerprint density at radius 2 is 2.17 bits per heavy atom. The first-order valence-corrected chi connectivity index (χ1v) is 7.82. The van der Waals surface area contributed by atoms with Crippen molar-refractivity contribution in [3.05, 3.63) is 23.9 Å². The summed E-state index contributed by atoms with van der Waals surface area (Å²) in [6.07, 6.45) is 0.296. The first-order valence-electron chi connectivity index (χ1n) is 7.82. The fourth-order valence-corrected chi connectivity index (χ4v) is 1.93. The Balaban J connectivity index is 0.00000529. The predicted molar refractivity (Wildman–Crippen MR) is 108 cm³/mol. The lowest BCUT2D eigenvalue weighted by Gasteiger charge is -2.16. The van der Waals surface area contributed by atoms with E-state index in [-0.39, 0.29) is 35.9 Å². The quantitative estimate of drug-likeness (QED) is 0.321. The van der Waals surface area contributed by atoms with E-state index in [2.05, 4.69) is 25.9 Å². The molecule has 0 saturated heterocycles. The van der Waals surface area contributed by atoms with Crippen molar-refractivity contribution in [1.82, 2.24) is 15.6 Å². The standard InChI is InChI=1S/C16H27N5O2.HI/c1-5-17-16(20-13(3)11-23-4)18-10-9-15(22)21-14-8-6-7-12(2)19-14;/h6-8,13H,5,9-11H2,1-4H3,(H2,17,18,20)(H,19,21,22);1H. The molecule has 8 heteroatoms. The minimum Gasteiger partial charge on any atom is -0.383 e. The summed E-state index contributed by atoms with van der Waals surface area (Å²) in [5.41, 5.74) is 0.867. The zero-order valence-corrected chi connectivity index (χ0v) is 17.1. The third-order valence-electron chi connectivity index (χ3n) is 2.91. The van der Waals surface area contributed by atoms with Crippen molar-refractivity contribution >= 4 is 41.7 Å². The second-order valence-electron chi connectivity index (χ2n) is 5.22. The molecule has 0 aliphatic heterocycles. The molecular formula is C16H28IN5O2. The Morgan fingerprint density at radius 1 is 1.42 bits per heavy atom. The van der Waals surface area contributed by atoms with Gasteiger partial charge in [0, 0.05) is 31.8 Å². The molecule has 1 aromatic heterocycles. The number of methoxy groups -OCH3 is 1. The van der Waals surface area contributed by atoms with Crippen LogP contribution in [0.3, 0.4) is 0 Å². The van der Waals surface area contributed by atoms with Gasteiger partial charge in [-0.25, -0.2) is 4.98 Å². The Morgan fingerprint density at radius 3 is 2.79 bits per heavy atom. The second kappa shape index (κ2) is 12.9. The molecule has 0 radical (unpaired) electrons. The molecule has 0 saturated carbocycles. The molecule has 0 aliphatic rings. The highest BCUT2D eigenvalue weighted by Crippen LogP contribution is 2.04. The van der Waals surface area contributed by atoms with Crippen molar-refractivity contribution in [1.29, 1.82) is 0 Å². The van der Waals surface area contributed by atoms with Gasteiger partial charge >= 0.3 is 0 Å². The minimum absolute atomic E-state index is 0. The summed E-state index contributed by atoms with van der Waals surface area (Å²) in [6.45, 7) is 7.62. The van der Waals surface area contributed by atoms with Gasteiger partial charge in [0.15, 0.2) is 5.96 Å². The normalized spacial score (nSPS) is 12.1. The van der Waals surface area contributed by atoms with Gasteiger partial charge in [0.2, 0.25) is 5.91 Å². The molecule has 0 aliphatic carbocycles. The molecule has 1 heterocycles. The summed E-state index contributed by atoms with van der Waals surface area (Å²) in [4.78, 5) is 20.5. The van der Waals surface area contributed by atoms with E-state index >= 15 is 0 Å². The van der Waals surface area contributed by atoms with Crippen LogP contribution in [0.1, 0.15) is 26.0 Å². The average Bonchev–Trinajstić information content (AvgIpc) is 2.47. The van der Waals surface area contributed by atoms with E-state index < -0.39 is 0 Å². The number of anilines is 1. The van der Waals surface area contributed by atoms with Crippen LogP contribution in [0, 0.1) is 6.92 Å². The van der Waals surface area contributed by atoms with Crippen LogP contribution < -0.4 is 16.0 Å². The van der Waals surface area contributed by atoms with E-state index in [4.69, 9.17) is 4.74 Å². The molecule has 1 aromatic rings. The fourth-order valence-electron chi connectivity index (χ4n) is 1.93. The van der Waals surface area contributed by atoms with Crippen LogP contribution >= 0.6 is 24.0 Å². The van der Waals surface area contributed by atoms with Gasteiger partial charge in [0.1, 0.15) is 5.82 Å². The molecule has 1 unspecified atom stereocenters. The number of carbonyl (C=O) groups is 1. The van der Waals surface area contributed by atoms with E-state index in [9.17, 15) is 4.79 Å². The van der Waals surface area contributed by atoms with Crippen molar-refractivity contribution in [3.8, 4) is 0 Å². The molecule has 0 fully saturated rings. The zero-order chi connectivity index (χ0) is 17.1. The monoisotopic (exact) mass is 449 g/mol. The van der Waals surface area contributed by atoms with Crippen LogP contribution in [0.5, 0.6) is 0 Å². The van der Waals surface area contributed by atoms with E-state index in [1.54, 1.807) is 13.2 Å². The summed E-state index contributed by atoms with van der Waals surface area (Å²) in [5, 5.41) is 9.13. The number of aliphatic imine (C=N–C) groups is 1. The number of aryl methyl sites for hydroxylation is 1. The van der Waals surface area contributed by atoms with Crippen LogP contribution in [-0.2, 0) is 9.53 Å². The van der Waals surface area contributed by atoms with E-state index in [1.807, 2.05) is 32.9 Å². The Bertz CT molecular complexity index is 525. The molecule has 136 valence electrons. The number of hydrogen-bond donors (Lipinski definition) is 3. The maximum atomic E-state index is 11.9. The third kappa shape index (κ3) is 9.66. The second-order valence-corrected chi connectivity index (χ2v) is 5.22. The van der Waals surface area contributed by atoms with E-state index in [0.29, 0.717) is 31.3 Å². The summed E-state index contributed by atoms with van der Waals surface area (Å²) in [6, 6.07) is 5.66. The van der Waals surface area contributed by atoms with Gasteiger partial charge in [-0.2, -0.15) is 0 Å². The minimum atomic E-state index is -0.104. The summed E-state index contributed by atoms with van der Waals surface area (Å²) in [5.74, 6) is 1.14. The average molecular weight is 449 g/mol. The number of nitrogens with one attached hydrogen (secondary N) is 3. The van der Waals surface area contributed by atoms with Crippen molar-refractivity contribution in [3.63, 3.8) is 0 Å². The van der Waals surface area contributed by atoms with Gasteiger partial charge in [-0.15, -0.1) is 24.0 Å². The lowest BCUT2D eigenvalue weighted by Crippen LogP contribution is -2.44. The van der Waals surface area contributed by atoms with Gasteiger partial charge in [-0.3, -0.25) is 9.79 Å². The maximum Gasteiger partial charge on any atom is 0.227 e. The molecule has 1 rings (SSSR count). The van der Waals surface area contributed by atoms with Crippen LogP contribution in [0.15, 0.2) is 23.2 Å². The largest absolute Gasteiger partial charge is 0.383 e. The number of nitrogens with zero attached hydrogens (tertiary/aromatic N) is 2. The first kappa shape index (κ1) is 22.6. The molecule has 1 amide bonds. The number of ether oxygens (including phenoxy) is 1. The summed E-state index contributed by atoms with van der Waals surface area (Å²) in [7, 11) is 1.66. The highest BCUT2D eigenvalue weighted by Gasteiger charge is 2.06. The number of halogens is 1. The topological polar surface area (TPSA) is 87.6 Å². The number of rotatable bonds is 8. The molecule has 0 aromatic carbocycles. The van der Waals surface area contributed by atoms with Crippen molar-refractivity contribution < 1.29 is 9.53 Å². The molecule has 24 heavy (non-hydrogen) atoms. The maximum absolute atomic E-state index is 11.9. The van der Waals surface area contributed by atoms with Crippen LogP contribution in [0.4, 0.5) is 5.82 Å². The molecule has 0 spiro atoms. The molecule has 7 nitrogen and oxygen atoms in total. The van der Waals surface area contributed by atoms with Gasteiger partial charge in [0.05, 0.1) is 13.2 Å². The number of hydrogen-bond acceptors (Lipinski definition) is 4. The van der Waals surface area contributed by atoms with Gasteiger partial charge < -0.3 is 20.7 Å². The lowest BCUT2D eigenvalue weighted by molar-refractivity contribution is -0.116. The molecular weight excluding hydrogens is 421 g/mol. The number of aromatic nitrogens is 1. The van der Waals surface area contributed by atoms with E-state index in [1.165, 1.54) is 0 Å². The smallest absolute Gasteiger partial charge is 0.227 e. The Kier molecular flexibility index (Phi) is 12.2. The van der Waals surface area contributed by atoms with Gasteiger partial charge in [-0.05, 0) is 32.9 Å². The van der Waals surface area contributed by atoms with Crippen molar-refractivity contribution in [2.24, 2.45) is 4.99 Å². The summed E-state index contributed by atoms with van der Waals surface area (Å²) >= 11 is 0. The van der Waals surface area contributed by atoms with Crippen LogP contribution in [-0.4, -0.2) is 49.7 Å². The Labute approximate surface area is 161 Å². The number of guanidine groups is 1. The SMILES string of the molecule is CCNC(=NCCC(=O)Nc1cccc(C)n1)NC(C)COC.I. The van der Waals surface area contributed by atoms with Crippen LogP contribution in [0.2, 0.25) is 0 Å². The van der Waals surface area contributed by atoms with E-state index in [0.717, 1.165) is 12.2 Å². The number of pyridine rings is 1. The molecule has 1 atom stereocenters. The van der Waals surface area contributed by atoms with Gasteiger partial charge in [0.25, 0.3) is 0 Å². The molecule has 3 N–H and O–H groups in total. The molecule has 0 bridgehead atoms. The predicted octanol–water partition coefficient (Wildman–Crippen LogP) is 1.93. The lowest BCUT2D eigenvalue weighted by atomic mass is 10.3. The highest BCUT2D eigenvalue weighted by molar-refractivity contribution is 14.0. The van der Waals surface area contributed by atoms with Crippen molar-refractivity contribution in [2.45, 2.75) is 33.2 Å². The zero-order valence-electron chi connectivity index (χ0n) is 14.8. The first-order chi connectivity index (χ1) is 11.0. The van der Waals surface area contributed by atoms with Gasteiger partial charge in [-0.1, -0.05) is 6.07 Å². The Hall–Kier alpha value is -1.42. The van der Waals surface area contributed by atoms with Crippen LogP contribution in [0.25, 0.3) is 0 Å². The summed E-state index contributed by atoms with van der Waals surface area (Å²) < 4.78 is 5.09. The number of amides is 1. The van der Waals surface area contributed by atoms with Crippen molar-refractivity contribution in [2.75, 3.05) is 32.1 Å². The number of carbonyl (C=O) groups excluding carboxylic acids is 1. The third-order valence-corrected chi connectivity index (χ3v) is 2.91. The highest BCUT2D eigenvalue weighted by atomic mass is 127.